The Kier molecular flexibility index (Phi) is 5.73. The minimum Gasteiger partial charge on any atom is -0.480 e. The number of carboxylic acids is 1. The fourth-order valence-electron chi connectivity index (χ4n) is 3.15. The molecule has 1 amide bonds. The second-order valence-electron chi connectivity index (χ2n) is 6.94. The summed E-state index contributed by atoms with van der Waals surface area (Å²) < 4.78 is 1.82. The van der Waals surface area contributed by atoms with Crippen molar-refractivity contribution >= 4 is 22.9 Å². The SMILES string of the molecule is CCC(C)n1ncc2c(C(=O)N(CC(=O)O)Cc3ccccc3)cc(C)nc21. The standard InChI is InChI=1S/C21H24N4O3/c1-4-15(3)25-20-18(11-22-25)17(10-14(2)23-20)21(28)24(13-19(26)27)12-16-8-6-5-7-9-16/h5-11,15H,4,12-13H2,1-3H3,(H,26,27). The third kappa shape index (κ3) is 4.03. The summed E-state index contributed by atoms with van der Waals surface area (Å²) in [6.07, 6.45) is 2.53. The number of pyridine rings is 1. The molecule has 146 valence electrons. The van der Waals surface area contributed by atoms with E-state index in [2.05, 4.69) is 17.0 Å². The molecule has 0 aliphatic heterocycles. The van der Waals surface area contributed by atoms with Gasteiger partial charge in [0.25, 0.3) is 5.91 Å². The minimum absolute atomic E-state index is 0.147. The lowest BCUT2D eigenvalue weighted by Gasteiger charge is -2.21. The van der Waals surface area contributed by atoms with Crippen molar-refractivity contribution in [2.45, 2.75) is 39.8 Å². The van der Waals surface area contributed by atoms with Gasteiger partial charge in [0.05, 0.1) is 23.2 Å². The number of rotatable bonds is 7. The monoisotopic (exact) mass is 380 g/mol. The summed E-state index contributed by atoms with van der Waals surface area (Å²) in [6.45, 7) is 5.77. The van der Waals surface area contributed by atoms with E-state index in [1.165, 1.54) is 4.90 Å². The van der Waals surface area contributed by atoms with Gasteiger partial charge in [-0.15, -0.1) is 0 Å². The van der Waals surface area contributed by atoms with E-state index in [0.29, 0.717) is 22.3 Å². The zero-order valence-corrected chi connectivity index (χ0v) is 16.3. The van der Waals surface area contributed by atoms with Crippen LogP contribution in [-0.2, 0) is 11.3 Å². The van der Waals surface area contributed by atoms with E-state index < -0.39 is 5.97 Å². The van der Waals surface area contributed by atoms with Gasteiger partial charge in [-0.1, -0.05) is 37.3 Å². The predicted octanol–water partition coefficient (Wildman–Crippen LogP) is 3.44. The van der Waals surface area contributed by atoms with E-state index in [-0.39, 0.29) is 25.0 Å². The molecule has 3 aromatic rings. The molecule has 0 saturated heterocycles. The molecule has 1 unspecified atom stereocenters. The summed E-state index contributed by atoms with van der Waals surface area (Å²) in [5, 5.41) is 14.4. The third-order valence-corrected chi connectivity index (χ3v) is 4.76. The summed E-state index contributed by atoms with van der Waals surface area (Å²) in [5.74, 6) is -1.40. The van der Waals surface area contributed by atoms with E-state index >= 15 is 0 Å². The van der Waals surface area contributed by atoms with Crippen molar-refractivity contribution < 1.29 is 14.7 Å². The number of benzene rings is 1. The Bertz CT molecular complexity index is 998. The third-order valence-electron chi connectivity index (χ3n) is 4.76. The van der Waals surface area contributed by atoms with E-state index in [1.54, 1.807) is 12.3 Å². The largest absolute Gasteiger partial charge is 0.480 e. The van der Waals surface area contributed by atoms with Crippen LogP contribution >= 0.6 is 0 Å². The van der Waals surface area contributed by atoms with Crippen LogP contribution in [-0.4, -0.2) is 43.2 Å². The van der Waals surface area contributed by atoms with Gasteiger partial charge in [-0.2, -0.15) is 5.10 Å². The number of aromatic nitrogens is 3. The molecule has 2 heterocycles. The predicted molar refractivity (Wildman–Crippen MR) is 106 cm³/mol. The van der Waals surface area contributed by atoms with Gasteiger partial charge in [0.15, 0.2) is 5.65 Å². The first-order valence-electron chi connectivity index (χ1n) is 9.30. The minimum atomic E-state index is -1.05. The highest BCUT2D eigenvalue weighted by molar-refractivity contribution is 6.06. The van der Waals surface area contributed by atoms with E-state index in [1.807, 2.05) is 48.9 Å². The molecule has 0 saturated carbocycles. The van der Waals surface area contributed by atoms with Crippen LogP contribution in [0.25, 0.3) is 11.0 Å². The Labute approximate surface area is 163 Å². The van der Waals surface area contributed by atoms with Gasteiger partial charge < -0.3 is 10.0 Å². The first-order valence-corrected chi connectivity index (χ1v) is 9.30. The summed E-state index contributed by atoms with van der Waals surface area (Å²) in [5.41, 5.74) is 2.63. The van der Waals surface area contributed by atoms with E-state index in [0.717, 1.165) is 12.0 Å². The van der Waals surface area contributed by atoms with Crippen molar-refractivity contribution in [3.05, 3.63) is 59.4 Å². The normalized spacial score (nSPS) is 12.1. The second kappa shape index (κ2) is 8.21. The molecule has 28 heavy (non-hydrogen) atoms. The first-order chi connectivity index (χ1) is 13.4. The topological polar surface area (TPSA) is 88.3 Å². The summed E-state index contributed by atoms with van der Waals surface area (Å²) in [6, 6.07) is 11.2. The highest BCUT2D eigenvalue weighted by atomic mass is 16.4. The van der Waals surface area contributed by atoms with Crippen LogP contribution in [0.15, 0.2) is 42.6 Å². The van der Waals surface area contributed by atoms with Crippen LogP contribution in [0.3, 0.4) is 0 Å². The van der Waals surface area contributed by atoms with Gasteiger partial charge >= 0.3 is 5.97 Å². The number of carbonyl (C=O) groups excluding carboxylic acids is 1. The van der Waals surface area contributed by atoms with Gasteiger partial charge in [0, 0.05) is 12.2 Å². The fraction of sp³-hybridized carbons (Fsp3) is 0.333. The van der Waals surface area contributed by atoms with Crippen LogP contribution in [0.4, 0.5) is 0 Å². The number of nitrogens with zero attached hydrogens (tertiary/aromatic N) is 4. The number of carbonyl (C=O) groups is 2. The van der Waals surface area contributed by atoms with Gasteiger partial charge in [0.2, 0.25) is 0 Å². The van der Waals surface area contributed by atoms with Crippen molar-refractivity contribution in [1.29, 1.82) is 0 Å². The molecule has 0 radical (unpaired) electrons. The van der Waals surface area contributed by atoms with Crippen molar-refractivity contribution in [1.82, 2.24) is 19.7 Å². The molecule has 7 heteroatoms. The lowest BCUT2D eigenvalue weighted by molar-refractivity contribution is -0.137. The zero-order chi connectivity index (χ0) is 20.3. The fourth-order valence-corrected chi connectivity index (χ4v) is 3.15. The maximum Gasteiger partial charge on any atom is 0.323 e. The Morgan fingerprint density at radius 2 is 1.96 bits per heavy atom. The number of hydrogen-bond acceptors (Lipinski definition) is 4. The summed E-state index contributed by atoms with van der Waals surface area (Å²) >= 11 is 0. The molecule has 0 fully saturated rings. The molecular weight excluding hydrogens is 356 g/mol. The molecule has 7 nitrogen and oxygen atoms in total. The van der Waals surface area contributed by atoms with Crippen LogP contribution in [0.5, 0.6) is 0 Å². The molecule has 2 aromatic heterocycles. The summed E-state index contributed by atoms with van der Waals surface area (Å²) in [7, 11) is 0. The average molecular weight is 380 g/mol. The molecule has 1 N–H and O–H groups in total. The van der Waals surface area contributed by atoms with E-state index in [4.69, 9.17) is 0 Å². The van der Waals surface area contributed by atoms with Crippen molar-refractivity contribution in [3.8, 4) is 0 Å². The molecule has 0 aliphatic carbocycles. The number of aryl methyl sites for hydroxylation is 1. The van der Waals surface area contributed by atoms with Crippen molar-refractivity contribution in [2.24, 2.45) is 0 Å². The summed E-state index contributed by atoms with van der Waals surface area (Å²) in [4.78, 5) is 30.6. The zero-order valence-electron chi connectivity index (χ0n) is 16.3. The van der Waals surface area contributed by atoms with Crippen LogP contribution in [0.2, 0.25) is 0 Å². The number of fused-ring (bicyclic) bond motifs is 1. The van der Waals surface area contributed by atoms with Crippen LogP contribution in [0.1, 0.15) is 47.9 Å². The number of amides is 1. The maximum atomic E-state index is 13.3. The lowest BCUT2D eigenvalue weighted by Crippen LogP contribution is -2.35. The van der Waals surface area contributed by atoms with Crippen LogP contribution < -0.4 is 0 Å². The van der Waals surface area contributed by atoms with Crippen molar-refractivity contribution in [3.63, 3.8) is 0 Å². The molecule has 0 spiro atoms. The molecule has 3 rings (SSSR count). The Hall–Kier alpha value is -3.22. The van der Waals surface area contributed by atoms with Gasteiger partial charge in [-0.25, -0.2) is 9.67 Å². The number of carboxylic acid groups (broad SMARTS) is 1. The average Bonchev–Trinajstić information content (AvgIpc) is 3.09. The molecule has 0 aliphatic rings. The van der Waals surface area contributed by atoms with Gasteiger partial charge in [-0.3, -0.25) is 9.59 Å². The quantitative estimate of drug-likeness (QED) is 0.678. The van der Waals surface area contributed by atoms with Crippen molar-refractivity contribution in [2.75, 3.05) is 6.54 Å². The number of hydrogen-bond donors (Lipinski definition) is 1. The van der Waals surface area contributed by atoms with Crippen LogP contribution in [0, 0.1) is 6.92 Å². The Balaban J connectivity index is 2.04. The highest BCUT2D eigenvalue weighted by Gasteiger charge is 2.23. The highest BCUT2D eigenvalue weighted by Crippen LogP contribution is 2.24. The first kappa shape index (κ1) is 19.5. The van der Waals surface area contributed by atoms with Gasteiger partial charge in [0.1, 0.15) is 6.54 Å². The molecule has 1 atom stereocenters. The number of aliphatic carboxylic acids is 1. The maximum absolute atomic E-state index is 13.3. The van der Waals surface area contributed by atoms with Gasteiger partial charge in [-0.05, 0) is 31.9 Å². The molecular formula is C21H24N4O3. The Morgan fingerprint density at radius 3 is 2.61 bits per heavy atom. The van der Waals surface area contributed by atoms with E-state index in [9.17, 15) is 14.7 Å². The lowest BCUT2D eigenvalue weighted by atomic mass is 10.1. The molecule has 1 aromatic carbocycles. The molecule has 0 bridgehead atoms. The smallest absolute Gasteiger partial charge is 0.323 e. The Morgan fingerprint density at radius 1 is 1.25 bits per heavy atom. The second-order valence-corrected chi connectivity index (χ2v) is 6.94.